The summed E-state index contributed by atoms with van der Waals surface area (Å²) in [4.78, 5) is 2.41. The zero-order valence-corrected chi connectivity index (χ0v) is 8.10. The van der Waals surface area contributed by atoms with Crippen molar-refractivity contribution in [3.8, 4) is 0 Å². The van der Waals surface area contributed by atoms with E-state index >= 15 is 0 Å². The summed E-state index contributed by atoms with van der Waals surface area (Å²) in [6.07, 6.45) is 2.82. The first kappa shape index (κ1) is 7.66. The highest BCUT2D eigenvalue weighted by Crippen LogP contribution is 2.19. The van der Waals surface area contributed by atoms with Gasteiger partial charge in [0.15, 0.2) is 0 Å². The van der Waals surface area contributed by atoms with Gasteiger partial charge in [0, 0.05) is 3.92 Å². The number of likely N-dealkylation sites (tertiary alicyclic amines) is 1. The third kappa shape index (κ3) is 2.34. The first-order valence-corrected chi connectivity index (χ1v) is 6.15. The van der Waals surface area contributed by atoms with Crippen LogP contribution in [0.3, 0.4) is 0 Å². The zero-order chi connectivity index (χ0) is 6.69. The third-order valence-corrected chi connectivity index (χ3v) is 4.36. The fraction of sp³-hybridized carbons (Fsp3) is 0.857. The molecular formula is C7H14IN. The number of nitrogens with zero attached hydrogens (tertiary/aromatic N) is 1. The van der Waals surface area contributed by atoms with Crippen LogP contribution in [0, 0.1) is 0 Å². The van der Waals surface area contributed by atoms with Crippen molar-refractivity contribution in [1.29, 1.82) is 0 Å². The molecule has 1 aliphatic heterocycles. The lowest BCUT2D eigenvalue weighted by Gasteiger charge is -2.26. The van der Waals surface area contributed by atoms with Gasteiger partial charge in [-0.15, -0.1) is 20.7 Å². The van der Waals surface area contributed by atoms with Crippen LogP contribution in [0.25, 0.3) is 0 Å². The highest BCUT2D eigenvalue weighted by Gasteiger charge is 2.12. The van der Waals surface area contributed by atoms with E-state index < -0.39 is 0 Å². The van der Waals surface area contributed by atoms with Gasteiger partial charge in [0.2, 0.25) is 0 Å². The molecule has 1 rings (SSSR count). The largest absolute Gasteiger partial charge is 0.306 e. The van der Waals surface area contributed by atoms with Crippen molar-refractivity contribution in [2.75, 3.05) is 20.1 Å². The van der Waals surface area contributed by atoms with Crippen LogP contribution in [-0.2, 0) is 0 Å². The quantitative estimate of drug-likeness (QED) is 0.495. The van der Waals surface area contributed by atoms with E-state index in [1.54, 1.807) is 0 Å². The number of alkyl halides is 1. The Hall–Kier alpha value is 0.560. The summed E-state index contributed by atoms with van der Waals surface area (Å²) in [5, 5.41) is 0. The fourth-order valence-corrected chi connectivity index (χ4v) is 2.57. The molecular weight excluding hydrogens is 225 g/mol. The Morgan fingerprint density at radius 2 is 2.00 bits per heavy atom. The lowest BCUT2D eigenvalue weighted by Crippen LogP contribution is -2.30. The molecule has 1 heterocycles. The summed E-state index contributed by atoms with van der Waals surface area (Å²) in [6, 6.07) is 0. The Balaban J connectivity index is 2.26. The standard InChI is InChI=1S/C7H14IN/c1-8-7-3-5-9(2)6-4-7/h7H,1,3-6H2,2H3. The topological polar surface area (TPSA) is 3.24 Å². The van der Waals surface area contributed by atoms with E-state index in [4.69, 9.17) is 0 Å². The Morgan fingerprint density at radius 3 is 2.44 bits per heavy atom. The van der Waals surface area contributed by atoms with Crippen LogP contribution in [0.5, 0.6) is 0 Å². The number of rotatable bonds is 1. The second kappa shape index (κ2) is 3.66. The van der Waals surface area contributed by atoms with Crippen LogP contribution in [0.1, 0.15) is 12.8 Å². The molecule has 1 aliphatic rings. The number of halogens is 1. The first-order valence-electron chi connectivity index (χ1n) is 3.38. The van der Waals surface area contributed by atoms with Gasteiger partial charge in [0.1, 0.15) is 0 Å². The molecule has 2 heteroatoms. The number of hydrogen-bond acceptors (Lipinski definition) is 1. The third-order valence-electron chi connectivity index (χ3n) is 1.87. The molecule has 0 aromatic heterocycles. The molecule has 9 heavy (non-hydrogen) atoms. The van der Waals surface area contributed by atoms with Crippen LogP contribution in [0.2, 0.25) is 0 Å². The maximum atomic E-state index is 4.03. The molecule has 1 fully saturated rings. The zero-order valence-electron chi connectivity index (χ0n) is 5.94. The normalized spacial score (nSPS) is 24.6. The van der Waals surface area contributed by atoms with Crippen LogP contribution >= 0.6 is 20.7 Å². The summed E-state index contributed by atoms with van der Waals surface area (Å²) in [5.74, 6) is 0. The molecule has 0 atom stereocenters. The average molecular weight is 239 g/mol. The Bertz CT molecular complexity index is 95.1. The minimum absolute atomic E-state index is 0.290. The lowest BCUT2D eigenvalue weighted by atomic mass is 10.1. The van der Waals surface area contributed by atoms with E-state index in [0.29, 0.717) is 20.7 Å². The second-order valence-corrected chi connectivity index (χ2v) is 5.27. The van der Waals surface area contributed by atoms with Crippen molar-refractivity contribution in [2.24, 2.45) is 0 Å². The van der Waals surface area contributed by atoms with Gasteiger partial charge < -0.3 is 4.90 Å². The van der Waals surface area contributed by atoms with Gasteiger partial charge in [-0.3, -0.25) is 0 Å². The monoisotopic (exact) mass is 239 g/mol. The molecule has 54 valence electrons. The highest BCUT2D eigenvalue weighted by atomic mass is 127. The predicted molar refractivity (Wildman–Crippen MR) is 51.7 cm³/mol. The summed E-state index contributed by atoms with van der Waals surface area (Å²) < 4.78 is 5.05. The van der Waals surface area contributed by atoms with E-state index in [-0.39, 0.29) is 0 Å². The molecule has 0 saturated carbocycles. The van der Waals surface area contributed by atoms with Gasteiger partial charge in [-0.2, -0.15) is 0 Å². The van der Waals surface area contributed by atoms with Crippen LogP contribution in [-0.4, -0.2) is 33.5 Å². The molecule has 0 bridgehead atoms. The van der Waals surface area contributed by atoms with E-state index in [9.17, 15) is 0 Å². The molecule has 1 nitrogen and oxygen atoms in total. The van der Waals surface area contributed by atoms with Gasteiger partial charge in [0.25, 0.3) is 0 Å². The molecule has 0 unspecified atom stereocenters. The lowest BCUT2D eigenvalue weighted by molar-refractivity contribution is 0.286. The van der Waals surface area contributed by atoms with E-state index in [1.165, 1.54) is 25.9 Å². The van der Waals surface area contributed by atoms with E-state index in [1.807, 2.05) is 0 Å². The SMILES string of the molecule is C=IC1CCN(C)CC1. The molecule has 0 spiro atoms. The Kier molecular flexibility index (Phi) is 3.12. The summed E-state index contributed by atoms with van der Waals surface area (Å²) >= 11 is 0.290. The van der Waals surface area contributed by atoms with Gasteiger partial charge in [0.05, 0.1) is 0 Å². The molecule has 0 amide bonds. The van der Waals surface area contributed by atoms with Crippen LogP contribution < -0.4 is 0 Å². The Labute approximate surface area is 67.2 Å². The molecule has 0 aromatic rings. The first-order chi connectivity index (χ1) is 4.33. The second-order valence-electron chi connectivity index (χ2n) is 2.63. The van der Waals surface area contributed by atoms with Crippen LogP contribution in [0.15, 0.2) is 0 Å². The summed E-state index contributed by atoms with van der Waals surface area (Å²) in [7, 11) is 2.21. The van der Waals surface area contributed by atoms with Crippen molar-refractivity contribution in [1.82, 2.24) is 4.90 Å². The number of hydrogen-bond donors (Lipinski definition) is 0. The number of piperidine rings is 1. The minimum Gasteiger partial charge on any atom is -0.306 e. The van der Waals surface area contributed by atoms with Gasteiger partial charge in [-0.05, 0) is 33.0 Å². The van der Waals surface area contributed by atoms with Crippen molar-refractivity contribution in [3.05, 3.63) is 0 Å². The average Bonchev–Trinajstić information content (AvgIpc) is 1.90. The van der Waals surface area contributed by atoms with Gasteiger partial charge in [-0.1, -0.05) is 4.51 Å². The molecule has 1 saturated heterocycles. The fourth-order valence-electron chi connectivity index (χ4n) is 1.13. The summed E-state index contributed by atoms with van der Waals surface area (Å²) in [6.45, 7) is 2.61. The summed E-state index contributed by atoms with van der Waals surface area (Å²) in [5.41, 5.74) is 0. The minimum atomic E-state index is 0.290. The van der Waals surface area contributed by atoms with Crippen molar-refractivity contribution >= 4 is 25.2 Å². The van der Waals surface area contributed by atoms with Crippen LogP contribution in [0.4, 0.5) is 0 Å². The van der Waals surface area contributed by atoms with Crippen molar-refractivity contribution in [2.45, 2.75) is 16.8 Å². The van der Waals surface area contributed by atoms with Gasteiger partial charge >= 0.3 is 0 Å². The van der Waals surface area contributed by atoms with E-state index in [0.717, 1.165) is 3.92 Å². The maximum absolute atomic E-state index is 4.03. The molecule has 0 radical (unpaired) electrons. The predicted octanol–water partition coefficient (Wildman–Crippen LogP) is 1.48. The Morgan fingerprint density at radius 1 is 1.44 bits per heavy atom. The molecule has 0 aromatic carbocycles. The molecule has 0 N–H and O–H groups in total. The van der Waals surface area contributed by atoms with Gasteiger partial charge in [-0.25, -0.2) is 0 Å². The van der Waals surface area contributed by atoms with Crippen molar-refractivity contribution < 1.29 is 0 Å². The molecule has 0 aliphatic carbocycles. The maximum Gasteiger partial charge on any atom is 0.00811 e. The highest BCUT2D eigenvalue weighted by molar-refractivity contribution is 14.2. The van der Waals surface area contributed by atoms with Crippen molar-refractivity contribution in [3.63, 3.8) is 0 Å². The van der Waals surface area contributed by atoms with E-state index in [2.05, 4.69) is 16.5 Å². The smallest absolute Gasteiger partial charge is 0.00811 e.